The zero-order chi connectivity index (χ0) is 14.9. The van der Waals surface area contributed by atoms with Gasteiger partial charge in [0, 0.05) is 13.1 Å². The summed E-state index contributed by atoms with van der Waals surface area (Å²) in [6, 6.07) is 0. The van der Waals surface area contributed by atoms with Crippen LogP contribution in [0.4, 0.5) is 13.2 Å². The second kappa shape index (κ2) is 5.63. The lowest BCUT2D eigenvalue weighted by atomic mass is 10.1. The van der Waals surface area contributed by atoms with Gasteiger partial charge in [-0.15, -0.1) is 0 Å². The van der Waals surface area contributed by atoms with E-state index in [1.165, 1.54) is 6.92 Å². The van der Waals surface area contributed by atoms with Crippen LogP contribution in [0.5, 0.6) is 0 Å². The van der Waals surface area contributed by atoms with Crippen LogP contribution in [0.25, 0.3) is 0 Å². The van der Waals surface area contributed by atoms with Crippen LogP contribution in [0.1, 0.15) is 30.7 Å². The van der Waals surface area contributed by atoms with Gasteiger partial charge in [0.05, 0.1) is 10.7 Å². The predicted molar refractivity (Wildman–Crippen MR) is 67.4 cm³/mol. The van der Waals surface area contributed by atoms with E-state index < -0.39 is 16.9 Å². The molecule has 1 aliphatic heterocycles. The molecular weight excluding hydrogens is 295 g/mol. The normalized spacial score (nSPS) is 16.6. The third kappa shape index (κ3) is 3.08. The second-order valence-corrected chi connectivity index (χ2v) is 5.22. The summed E-state index contributed by atoms with van der Waals surface area (Å²) in [5.41, 5.74) is -0.979. The van der Waals surface area contributed by atoms with Crippen molar-refractivity contribution in [1.29, 1.82) is 0 Å². The minimum Gasteiger partial charge on any atom is -0.341 e. The molecular formula is C12H15ClF3N3O. The first kappa shape index (κ1) is 15.2. The van der Waals surface area contributed by atoms with Crippen molar-refractivity contribution < 1.29 is 18.0 Å². The molecule has 1 aromatic rings. The van der Waals surface area contributed by atoms with Crippen molar-refractivity contribution >= 4 is 17.5 Å². The molecule has 2 rings (SSSR count). The van der Waals surface area contributed by atoms with Gasteiger partial charge in [0.15, 0.2) is 5.69 Å². The van der Waals surface area contributed by atoms with E-state index in [-0.39, 0.29) is 18.1 Å². The van der Waals surface area contributed by atoms with Gasteiger partial charge in [0.2, 0.25) is 5.91 Å². The average Bonchev–Trinajstić information content (AvgIpc) is 2.68. The molecule has 0 bridgehead atoms. The highest BCUT2D eigenvalue weighted by atomic mass is 35.5. The predicted octanol–water partition coefficient (Wildman–Crippen LogP) is 2.88. The van der Waals surface area contributed by atoms with Gasteiger partial charge in [-0.25, -0.2) is 0 Å². The van der Waals surface area contributed by atoms with Crippen LogP contribution in [-0.4, -0.2) is 33.7 Å². The van der Waals surface area contributed by atoms with E-state index in [0.717, 1.165) is 23.9 Å². The number of carbonyl (C=O) groups is 1. The van der Waals surface area contributed by atoms with Gasteiger partial charge in [-0.2, -0.15) is 18.3 Å². The lowest BCUT2D eigenvalue weighted by molar-refractivity contribution is -0.142. The van der Waals surface area contributed by atoms with Crippen molar-refractivity contribution in [3.05, 3.63) is 16.4 Å². The SMILES string of the molecule is Cc1c(Cl)c(C(F)(F)F)nn1CC(=O)N1CCCCC1. The summed E-state index contributed by atoms with van der Waals surface area (Å²) in [5, 5.41) is 2.99. The van der Waals surface area contributed by atoms with Crippen LogP contribution in [0.3, 0.4) is 0 Å². The van der Waals surface area contributed by atoms with Gasteiger partial charge in [0.25, 0.3) is 0 Å². The number of hydrogen-bond donors (Lipinski definition) is 0. The highest BCUT2D eigenvalue weighted by Crippen LogP contribution is 2.35. The maximum absolute atomic E-state index is 12.7. The van der Waals surface area contributed by atoms with Crippen LogP contribution in [0.15, 0.2) is 0 Å². The van der Waals surface area contributed by atoms with Gasteiger partial charge in [-0.05, 0) is 26.2 Å². The van der Waals surface area contributed by atoms with E-state index in [1.54, 1.807) is 4.90 Å². The van der Waals surface area contributed by atoms with E-state index in [9.17, 15) is 18.0 Å². The Morgan fingerprint density at radius 3 is 2.40 bits per heavy atom. The molecule has 20 heavy (non-hydrogen) atoms. The van der Waals surface area contributed by atoms with Crippen LogP contribution in [0.2, 0.25) is 5.02 Å². The lowest BCUT2D eigenvalue weighted by Crippen LogP contribution is -2.38. The Hall–Kier alpha value is -1.24. The molecule has 0 unspecified atom stereocenters. The standard InChI is InChI=1S/C12H15ClF3N3O/c1-8-10(13)11(12(14,15)16)17-19(8)7-9(20)18-5-3-2-4-6-18/h2-7H2,1H3. The van der Waals surface area contributed by atoms with Crippen LogP contribution in [0, 0.1) is 6.92 Å². The number of alkyl halides is 3. The summed E-state index contributed by atoms with van der Waals surface area (Å²) < 4.78 is 39.1. The fraction of sp³-hybridized carbons (Fsp3) is 0.667. The molecule has 0 radical (unpaired) electrons. The third-order valence-corrected chi connectivity index (χ3v) is 3.85. The van der Waals surface area contributed by atoms with Gasteiger partial charge in [-0.3, -0.25) is 9.48 Å². The number of hydrogen-bond acceptors (Lipinski definition) is 2. The first-order chi connectivity index (χ1) is 9.30. The van der Waals surface area contributed by atoms with E-state index in [0.29, 0.717) is 13.1 Å². The molecule has 0 saturated carbocycles. The Balaban J connectivity index is 2.15. The van der Waals surface area contributed by atoms with Crippen molar-refractivity contribution in [3.8, 4) is 0 Å². The van der Waals surface area contributed by atoms with Crippen molar-refractivity contribution in [3.63, 3.8) is 0 Å². The Kier molecular flexibility index (Phi) is 4.27. The maximum Gasteiger partial charge on any atom is 0.436 e. The number of likely N-dealkylation sites (tertiary alicyclic amines) is 1. The largest absolute Gasteiger partial charge is 0.436 e. The maximum atomic E-state index is 12.7. The molecule has 2 heterocycles. The Labute approximate surface area is 119 Å². The van der Waals surface area contributed by atoms with Gasteiger partial charge >= 0.3 is 6.18 Å². The van der Waals surface area contributed by atoms with Gasteiger partial charge in [0.1, 0.15) is 6.54 Å². The summed E-state index contributed by atoms with van der Waals surface area (Å²) in [6.07, 6.45) is -1.67. The van der Waals surface area contributed by atoms with Gasteiger partial charge in [-0.1, -0.05) is 11.6 Å². The fourth-order valence-corrected chi connectivity index (χ4v) is 2.47. The number of amides is 1. The Bertz CT molecular complexity index is 507. The average molecular weight is 310 g/mol. The molecule has 8 heteroatoms. The van der Waals surface area contributed by atoms with Gasteiger partial charge < -0.3 is 4.90 Å². The Morgan fingerprint density at radius 2 is 1.90 bits per heavy atom. The van der Waals surface area contributed by atoms with E-state index in [2.05, 4.69) is 5.10 Å². The highest BCUT2D eigenvalue weighted by molar-refractivity contribution is 6.32. The quantitative estimate of drug-likeness (QED) is 0.842. The number of carbonyl (C=O) groups excluding carboxylic acids is 1. The third-order valence-electron chi connectivity index (χ3n) is 3.40. The highest BCUT2D eigenvalue weighted by Gasteiger charge is 2.38. The number of rotatable bonds is 2. The lowest BCUT2D eigenvalue weighted by Gasteiger charge is -2.26. The second-order valence-electron chi connectivity index (χ2n) is 4.84. The summed E-state index contributed by atoms with van der Waals surface area (Å²) >= 11 is 5.64. The topological polar surface area (TPSA) is 38.1 Å². The smallest absolute Gasteiger partial charge is 0.341 e. The number of aromatic nitrogens is 2. The van der Waals surface area contributed by atoms with E-state index in [1.807, 2.05) is 0 Å². The minimum atomic E-state index is -4.61. The first-order valence-electron chi connectivity index (χ1n) is 6.38. The van der Waals surface area contributed by atoms with E-state index in [4.69, 9.17) is 11.6 Å². The summed E-state index contributed by atoms with van der Waals surface area (Å²) in [6.45, 7) is 2.52. The number of piperidine rings is 1. The van der Waals surface area contributed by atoms with Crippen LogP contribution in [-0.2, 0) is 17.5 Å². The molecule has 0 aliphatic carbocycles. The Morgan fingerprint density at radius 1 is 1.30 bits per heavy atom. The van der Waals surface area contributed by atoms with Crippen molar-refractivity contribution in [2.75, 3.05) is 13.1 Å². The minimum absolute atomic E-state index is 0.157. The first-order valence-corrected chi connectivity index (χ1v) is 6.76. The number of halogens is 4. The number of nitrogens with zero attached hydrogens (tertiary/aromatic N) is 3. The van der Waals surface area contributed by atoms with E-state index >= 15 is 0 Å². The molecule has 4 nitrogen and oxygen atoms in total. The fourth-order valence-electron chi connectivity index (χ4n) is 2.23. The molecule has 112 valence electrons. The molecule has 1 amide bonds. The summed E-state index contributed by atoms with van der Waals surface area (Å²) in [7, 11) is 0. The molecule has 1 aliphatic rings. The van der Waals surface area contributed by atoms with Crippen molar-refractivity contribution in [1.82, 2.24) is 14.7 Å². The molecule has 1 aromatic heterocycles. The van der Waals surface area contributed by atoms with Crippen LogP contribution >= 0.6 is 11.6 Å². The molecule has 0 spiro atoms. The molecule has 0 atom stereocenters. The summed E-state index contributed by atoms with van der Waals surface area (Å²) in [5.74, 6) is -0.222. The molecule has 0 N–H and O–H groups in total. The molecule has 1 saturated heterocycles. The summed E-state index contributed by atoms with van der Waals surface area (Å²) in [4.78, 5) is 13.7. The van der Waals surface area contributed by atoms with Crippen molar-refractivity contribution in [2.45, 2.75) is 38.9 Å². The zero-order valence-corrected chi connectivity index (χ0v) is 11.8. The molecule has 0 aromatic carbocycles. The van der Waals surface area contributed by atoms with Crippen LogP contribution < -0.4 is 0 Å². The zero-order valence-electron chi connectivity index (χ0n) is 11.0. The monoisotopic (exact) mass is 309 g/mol. The molecule has 1 fully saturated rings. The van der Waals surface area contributed by atoms with Crippen molar-refractivity contribution in [2.24, 2.45) is 0 Å².